The molecule has 18 heavy (non-hydrogen) atoms. The lowest BCUT2D eigenvalue weighted by Crippen LogP contribution is -2.24. The number of rotatable bonds is 1. The number of hydrogen-bond donors (Lipinski definition) is 1. The lowest BCUT2D eigenvalue weighted by Gasteiger charge is -2.25. The molecule has 0 spiro atoms. The van der Waals surface area contributed by atoms with Gasteiger partial charge in [-0.15, -0.1) is 0 Å². The molecule has 1 aromatic heterocycles. The van der Waals surface area contributed by atoms with Crippen molar-refractivity contribution in [2.45, 2.75) is 12.3 Å². The molecule has 0 aliphatic carbocycles. The zero-order valence-electron chi connectivity index (χ0n) is 9.56. The predicted octanol–water partition coefficient (Wildman–Crippen LogP) is 2.69. The number of aromatic nitrogens is 1. The maximum absolute atomic E-state index is 13.2. The van der Waals surface area contributed by atoms with Crippen molar-refractivity contribution in [1.29, 1.82) is 0 Å². The quantitative estimate of drug-likeness (QED) is 0.835. The molecule has 2 aromatic rings. The van der Waals surface area contributed by atoms with Crippen molar-refractivity contribution in [2.75, 3.05) is 5.32 Å². The first-order valence-electron chi connectivity index (χ1n) is 5.74. The summed E-state index contributed by atoms with van der Waals surface area (Å²) in [7, 11) is 0. The minimum Gasteiger partial charge on any atom is -0.326 e. The zero-order valence-corrected chi connectivity index (χ0v) is 9.56. The Labute approximate surface area is 104 Å². The fraction of sp³-hybridized carbons (Fsp3) is 0.143. The molecule has 0 bridgehead atoms. The van der Waals surface area contributed by atoms with Gasteiger partial charge in [0.15, 0.2) is 0 Å². The monoisotopic (exact) mass is 242 g/mol. The third-order valence-electron chi connectivity index (χ3n) is 3.10. The summed E-state index contributed by atoms with van der Waals surface area (Å²) in [6.45, 7) is 0. The molecule has 90 valence electrons. The Morgan fingerprint density at radius 2 is 2.17 bits per heavy atom. The van der Waals surface area contributed by atoms with Gasteiger partial charge in [-0.05, 0) is 29.8 Å². The van der Waals surface area contributed by atoms with Gasteiger partial charge in [0.25, 0.3) is 0 Å². The molecule has 1 N–H and O–H groups in total. The van der Waals surface area contributed by atoms with Crippen molar-refractivity contribution in [3.05, 3.63) is 59.7 Å². The minimum atomic E-state index is -0.351. The molecular formula is C14H11FN2O. The van der Waals surface area contributed by atoms with Crippen molar-refractivity contribution in [2.24, 2.45) is 0 Å². The Balaban J connectivity index is 2.10. The Morgan fingerprint density at radius 3 is 2.94 bits per heavy atom. The first kappa shape index (κ1) is 10.9. The Morgan fingerprint density at radius 1 is 1.28 bits per heavy atom. The molecule has 1 atom stereocenters. The first-order chi connectivity index (χ1) is 8.74. The van der Waals surface area contributed by atoms with Crippen LogP contribution in [0, 0.1) is 5.82 Å². The smallest absolute Gasteiger partial charge is 0.225 e. The van der Waals surface area contributed by atoms with Gasteiger partial charge >= 0.3 is 0 Å². The van der Waals surface area contributed by atoms with E-state index in [1.807, 2.05) is 18.2 Å². The molecule has 1 aromatic carbocycles. The van der Waals surface area contributed by atoms with Crippen LogP contribution in [0.15, 0.2) is 42.6 Å². The standard InChI is InChI=1S/C14H11FN2O/c15-9-4-5-10-11(12-3-1-2-6-16-12)8-14(18)17-13(10)7-9/h1-7,11H,8H2,(H,17,18). The number of nitrogens with zero attached hydrogens (tertiary/aromatic N) is 1. The number of hydrogen-bond acceptors (Lipinski definition) is 2. The van der Waals surface area contributed by atoms with Gasteiger partial charge in [0.1, 0.15) is 5.82 Å². The van der Waals surface area contributed by atoms with E-state index in [0.717, 1.165) is 11.3 Å². The van der Waals surface area contributed by atoms with Gasteiger partial charge in [0, 0.05) is 29.9 Å². The van der Waals surface area contributed by atoms with E-state index in [2.05, 4.69) is 10.3 Å². The van der Waals surface area contributed by atoms with Crippen LogP contribution < -0.4 is 5.32 Å². The highest BCUT2D eigenvalue weighted by Gasteiger charge is 2.27. The molecule has 0 saturated heterocycles. The minimum absolute atomic E-state index is 0.101. The summed E-state index contributed by atoms with van der Waals surface area (Å²) in [6.07, 6.45) is 2.04. The summed E-state index contributed by atoms with van der Waals surface area (Å²) >= 11 is 0. The molecule has 1 amide bonds. The maximum Gasteiger partial charge on any atom is 0.225 e. The Bertz CT molecular complexity index is 598. The average Bonchev–Trinajstić information content (AvgIpc) is 2.38. The number of carbonyl (C=O) groups excluding carboxylic acids is 1. The average molecular weight is 242 g/mol. The van der Waals surface area contributed by atoms with Gasteiger partial charge in [-0.1, -0.05) is 12.1 Å². The molecule has 2 heterocycles. The second-order valence-corrected chi connectivity index (χ2v) is 4.29. The van der Waals surface area contributed by atoms with Crippen LogP contribution >= 0.6 is 0 Å². The number of amides is 1. The van der Waals surface area contributed by atoms with E-state index in [0.29, 0.717) is 12.1 Å². The van der Waals surface area contributed by atoms with Gasteiger partial charge in [0.2, 0.25) is 5.91 Å². The molecule has 3 nitrogen and oxygen atoms in total. The van der Waals surface area contributed by atoms with Gasteiger partial charge in [-0.2, -0.15) is 0 Å². The molecule has 0 saturated carbocycles. The molecule has 0 radical (unpaired) electrons. The van der Waals surface area contributed by atoms with Crippen molar-refractivity contribution in [1.82, 2.24) is 4.98 Å². The van der Waals surface area contributed by atoms with Gasteiger partial charge in [0.05, 0.1) is 0 Å². The number of benzene rings is 1. The summed E-state index contributed by atoms with van der Waals surface area (Å²) in [6, 6.07) is 10.1. The van der Waals surface area contributed by atoms with E-state index < -0.39 is 0 Å². The van der Waals surface area contributed by atoms with Gasteiger partial charge in [-0.3, -0.25) is 9.78 Å². The summed E-state index contributed by atoms with van der Waals surface area (Å²) in [5.74, 6) is -0.560. The molecule has 3 rings (SSSR count). The maximum atomic E-state index is 13.2. The predicted molar refractivity (Wildman–Crippen MR) is 65.7 cm³/mol. The van der Waals surface area contributed by atoms with Crippen LogP contribution in [0.4, 0.5) is 10.1 Å². The van der Waals surface area contributed by atoms with E-state index in [-0.39, 0.29) is 17.6 Å². The summed E-state index contributed by atoms with van der Waals surface area (Å²) in [5, 5.41) is 2.69. The van der Waals surface area contributed by atoms with Crippen molar-refractivity contribution in [3.63, 3.8) is 0 Å². The molecule has 0 fully saturated rings. The second kappa shape index (κ2) is 4.22. The molecule has 1 unspecified atom stereocenters. The normalized spacial score (nSPS) is 18.1. The molecule has 1 aliphatic heterocycles. The van der Waals surface area contributed by atoms with Crippen LogP contribution in [-0.4, -0.2) is 10.9 Å². The highest BCUT2D eigenvalue weighted by Crippen LogP contribution is 2.36. The van der Waals surface area contributed by atoms with E-state index >= 15 is 0 Å². The largest absolute Gasteiger partial charge is 0.326 e. The zero-order chi connectivity index (χ0) is 12.5. The van der Waals surface area contributed by atoms with Crippen LogP contribution in [0.5, 0.6) is 0 Å². The SMILES string of the molecule is O=C1CC(c2ccccn2)c2ccc(F)cc2N1. The first-order valence-corrected chi connectivity index (χ1v) is 5.74. The fourth-order valence-electron chi connectivity index (χ4n) is 2.28. The van der Waals surface area contributed by atoms with E-state index in [1.165, 1.54) is 12.1 Å². The highest BCUT2D eigenvalue weighted by atomic mass is 19.1. The van der Waals surface area contributed by atoms with Crippen LogP contribution in [0.25, 0.3) is 0 Å². The van der Waals surface area contributed by atoms with Crippen LogP contribution in [0.1, 0.15) is 23.6 Å². The Hall–Kier alpha value is -2.23. The van der Waals surface area contributed by atoms with Crippen molar-refractivity contribution in [3.8, 4) is 0 Å². The molecule has 4 heteroatoms. The van der Waals surface area contributed by atoms with E-state index in [9.17, 15) is 9.18 Å². The second-order valence-electron chi connectivity index (χ2n) is 4.29. The van der Waals surface area contributed by atoms with Crippen molar-refractivity contribution >= 4 is 11.6 Å². The Kier molecular flexibility index (Phi) is 2.55. The van der Waals surface area contributed by atoms with Crippen LogP contribution in [-0.2, 0) is 4.79 Å². The van der Waals surface area contributed by atoms with Crippen LogP contribution in [0.3, 0.4) is 0 Å². The topological polar surface area (TPSA) is 42.0 Å². The number of anilines is 1. The number of fused-ring (bicyclic) bond motifs is 1. The summed E-state index contributed by atoms with van der Waals surface area (Å²) in [4.78, 5) is 15.9. The number of halogens is 1. The van der Waals surface area contributed by atoms with Gasteiger partial charge < -0.3 is 5.32 Å². The molecule has 1 aliphatic rings. The molecular weight excluding hydrogens is 231 g/mol. The number of pyridine rings is 1. The lowest BCUT2D eigenvalue weighted by atomic mass is 9.87. The number of carbonyl (C=O) groups is 1. The third kappa shape index (κ3) is 1.86. The lowest BCUT2D eigenvalue weighted by molar-refractivity contribution is -0.116. The highest BCUT2D eigenvalue weighted by molar-refractivity contribution is 5.95. The van der Waals surface area contributed by atoms with E-state index in [1.54, 1.807) is 12.3 Å². The van der Waals surface area contributed by atoms with Crippen molar-refractivity contribution < 1.29 is 9.18 Å². The fourth-order valence-corrected chi connectivity index (χ4v) is 2.28. The van der Waals surface area contributed by atoms with Crippen LogP contribution in [0.2, 0.25) is 0 Å². The third-order valence-corrected chi connectivity index (χ3v) is 3.10. The van der Waals surface area contributed by atoms with Gasteiger partial charge in [-0.25, -0.2) is 4.39 Å². The summed E-state index contributed by atoms with van der Waals surface area (Å²) < 4.78 is 13.2. The van der Waals surface area contributed by atoms with E-state index in [4.69, 9.17) is 0 Å². The summed E-state index contributed by atoms with van der Waals surface area (Å²) in [5.41, 5.74) is 2.29. The number of nitrogens with one attached hydrogen (secondary N) is 1.